The first kappa shape index (κ1) is 10.6. The lowest BCUT2D eigenvalue weighted by Gasteiger charge is -2.32. The summed E-state index contributed by atoms with van der Waals surface area (Å²) in [7, 11) is 2.05. The van der Waals surface area contributed by atoms with E-state index in [0.29, 0.717) is 6.04 Å². The fourth-order valence-corrected chi connectivity index (χ4v) is 2.21. The van der Waals surface area contributed by atoms with Crippen LogP contribution >= 0.6 is 0 Å². The molecule has 1 unspecified atom stereocenters. The summed E-state index contributed by atoms with van der Waals surface area (Å²) in [6.45, 7) is 5.48. The summed E-state index contributed by atoms with van der Waals surface area (Å²) in [4.78, 5) is 2.50. The van der Waals surface area contributed by atoms with Crippen LogP contribution < -0.4 is 5.32 Å². The third-order valence-electron chi connectivity index (χ3n) is 3.24. The van der Waals surface area contributed by atoms with Crippen molar-refractivity contribution in [1.82, 2.24) is 20.4 Å². The first-order valence-corrected chi connectivity index (χ1v) is 5.68. The van der Waals surface area contributed by atoms with Gasteiger partial charge in [-0.3, -0.25) is 10.00 Å². The first-order valence-electron chi connectivity index (χ1n) is 5.68. The summed E-state index contributed by atoms with van der Waals surface area (Å²) in [6.07, 6.45) is 4.54. The van der Waals surface area contributed by atoms with E-state index in [-0.39, 0.29) is 0 Å². The summed E-state index contributed by atoms with van der Waals surface area (Å²) in [5.74, 6) is 0. The molecule has 1 aliphatic heterocycles. The summed E-state index contributed by atoms with van der Waals surface area (Å²) < 4.78 is 0. The number of nitrogens with one attached hydrogen (secondary N) is 2. The van der Waals surface area contributed by atoms with Gasteiger partial charge in [-0.25, -0.2) is 0 Å². The van der Waals surface area contributed by atoms with E-state index < -0.39 is 0 Å². The van der Waals surface area contributed by atoms with E-state index in [1.807, 2.05) is 6.20 Å². The number of piperidine rings is 1. The molecule has 1 fully saturated rings. The molecule has 0 radical (unpaired) electrons. The zero-order chi connectivity index (χ0) is 10.7. The van der Waals surface area contributed by atoms with E-state index in [0.717, 1.165) is 13.1 Å². The summed E-state index contributed by atoms with van der Waals surface area (Å²) >= 11 is 0. The largest absolute Gasteiger partial charge is 0.316 e. The highest BCUT2D eigenvalue weighted by atomic mass is 15.2. The Kier molecular flexibility index (Phi) is 3.38. The lowest BCUT2D eigenvalue weighted by Crippen LogP contribution is -2.43. The molecule has 0 aliphatic carbocycles. The topological polar surface area (TPSA) is 44.0 Å². The number of aromatic nitrogens is 2. The molecule has 4 heteroatoms. The van der Waals surface area contributed by atoms with Gasteiger partial charge in [0.2, 0.25) is 0 Å². The molecule has 84 valence electrons. The average Bonchev–Trinajstić information content (AvgIpc) is 2.65. The standard InChI is InChI=1S/C11H20N4/c1-9-10(6-13-14-9)7-15-5-3-4-11(8-15)12-2/h6,11-12H,3-5,7-8H2,1-2H3,(H,13,14). The average molecular weight is 208 g/mol. The highest BCUT2D eigenvalue weighted by molar-refractivity contribution is 5.14. The van der Waals surface area contributed by atoms with Crippen molar-refractivity contribution >= 4 is 0 Å². The Bertz CT molecular complexity index is 307. The van der Waals surface area contributed by atoms with Crippen LogP contribution in [0.15, 0.2) is 6.20 Å². The van der Waals surface area contributed by atoms with Gasteiger partial charge in [-0.1, -0.05) is 0 Å². The minimum atomic E-state index is 0.658. The minimum Gasteiger partial charge on any atom is -0.316 e. The molecule has 0 aromatic carbocycles. The molecule has 1 saturated heterocycles. The van der Waals surface area contributed by atoms with Gasteiger partial charge in [0.25, 0.3) is 0 Å². The van der Waals surface area contributed by atoms with Crippen molar-refractivity contribution < 1.29 is 0 Å². The lowest BCUT2D eigenvalue weighted by molar-refractivity contribution is 0.187. The van der Waals surface area contributed by atoms with E-state index >= 15 is 0 Å². The highest BCUT2D eigenvalue weighted by Gasteiger charge is 2.18. The fraction of sp³-hybridized carbons (Fsp3) is 0.727. The molecule has 0 saturated carbocycles. The van der Waals surface area contributed by atoms with Crippen molar-refractivity contribution in [3.05, 3.63) is 17.5 Å². The van der Waals surface area contributed by atoms with E-state index in [4.69, 9.17) is 0 Å². The number of aryl methyl sites for hydroxylation is 1. The molecule has 2 N–H and O–H groups in total. The zero-order valence-electron chi connectivity index (χ0n) is 9.58. The monoisotopic (exact) mass is 208 g/mol. The molecule has 2 rings (SSSR count). The summed E-state index contributed by atoms with van der Waals surface area (Å²) in [5, 5.41) is 10.4. The van der Waals surface area contributed by atoms with Gasteiger partial charge in [-0.2, -0.15) is 5.10 Å². The van der Waals surface area contributed by atoms with E-state index in [1.54, 1.807) is 0 Å². The quantitative estimate of drug-likeness (QED) is 0.775. The number of aromatic amines is 1. The van der Waals surface area contributed by atoms with Gasteiger partial charge in [0.1, 0.15) is 0 Å². The van der Waals surface area contributed by atoms with Crippen LogP contribution in [-0.4, -0.2) is 41.3 Å². The molecule has 0 amide bonds. The van der Waals surface area contributed by atoms with Gasteiger partial charge >= 0.3 is 0 Å². The van der Waals surface area contributed by atoms with Crippen molar-refractivity contribution in [1.29, 1.82) is 0 Å². The number of hydrogen-bond donors (Lipinski definition) is 2. The van der Waals surface area contributed by atoms with Crippen molar-refractivity contribution in [2.75, 3.05) is 20.1 Å². The number of hydrogen-bond acceptors (Lipinski definition) is 3. The van der Waals surface area contributed by atoms with Crippen LogP contribution in [0.25, 0.3) is 0 Å². The summed E-state index contributed by atoms with van der Waals surface area (Å²) in [6, 6.07) is 0.658. The SMILES string of the molecule is CNC1CCCN(Cc2cn[nH]c2C)C1. The van der Waals surface area contributed by atoms with Crippen molar-refractivity contribution in [2.45, 2.75) is 32.4 Å². The van der Waals surface area contributed by atoms with Gasteiger partial charge in [0.15, 0.2) is 0 Å². The molecule has 1 aromatic rings. The van der Waals surface area contributed by atoms with E-state index in [9.17, 15) is 0 Å². The molecule has 2 heterocycles. The lowest BCUT2D eigenvalue weighted by atomic mass is 10.1. The predicted molar refractivity (Wildman–Crippen MR) is 60.7 cm³/mol. The third-order valence-corrected chi connectivity index (χ3v) is 3.24. The van der Waals surface area contributed by atoms with Crippen LogP contribution in [0.3, 0.4) is 0 Å². The molecule has 1 aliphatic rings. The Morgan fingerprint density at radius 1 is 1.67 bits per heavy atom. The molecule has 4 nitrogen and oxygen atoms in total. The Balaban J connectivity index is 1.92. The molecular formula is C11H20N4. The maximum Gasteiger partial charge on any atom is 0.0535 e. The molecule has 0 spiro atoms. The molecule has 1 aromatic heterocycles. The Morgan fingerprint density at radius 2 is 2.53 bits per heavy atom. The van der Waals surface area contributed by atoms with Gasteiger partial charge in [-0.15, -0.1) is 0 Å². The minimum absolute atomic E-state index is 0.658. The number of rotatable bonds is 3. The summed E-state index contributed by atoms with van der Waals surface area (Å²) in [5.41, 5.74) is 2.52. The highest BCUT2D eigenvalue weighted by Crippen LogP contribution is 2.14. The number of likely N-dealkylation sites (tertiary alicyclic amines) is 1. The van der Waals surface area contributed by atoms with Crippen molar-refractivity contribution in [2.24, 2.45) is 0 Å². The van der Waals surface area contributed by atoms with Gasteiger partial charge < -0.3 is 5.32 Å². The smallest absolute Gasteiger partial charge is 0.0535 e. The van der Waals surface area contributed by atoms with Crippen LogP contribution in [0, 0.1) is 6.92 Å². The van der Waals surface area contributed by atoms with Gasteiger partial charge in [-0.05, 0) is 33.4 Å². The Hall–Kier alpha value is -0.870. The fourth-order valence-electron chi connectivity index (χ4n) is 2.21. The molecular weight excluding hydrogens is 188 g/mol. The second kappa shape index (κ2) is 4.77. The maximum absolute atomic E-state index is 4.06. The second-order valence-corrected chi connectivity index (χ2v) is 4.38. The Labute approximate surface area is 91.1 Å². The van der Waals surface area contributed by atoms with Crippen molar-refractivity contribution in [3.8, 4) is 0 Å². The van der Waals surface area contributed by atoms with Crippen molar-refractivity contribution in [3.63, 3.8) is 0 Å². The van der Waals surface area contributed by atoms with Crippen LogP contribution in [-0.2, 0) is 6.54 Å². The normalized spacial score (nSPS) is 23.2. The number of likely N-dealkylation sites (N-methyl/N-ethyl adjacent to an activating group) is 1. The van der Waals surface area contributed by atoms with Crippen LogP contribution in [0.2, 0.25) is 0 Å². The predicted octanol–water partition coefficient (Wildman–Crippen LogP) is 0.902. The van der Waals surface area contributed by atoms with E-state index in [2.05, 4.69) is 34.4 Å². The number of nitrogens with zero attached hydrogens (tertiary/aromatic N) is 2. The molecule has 0 bridgehead atoms. The van der Waals surface area contributed by atoms with Crippen LogP contribution in [0.1, 0.15) is 24.1 Å². The van der Waals surface area contributed by atoms with E-state index in [1.165, 1.54) is 30.6 Å². The first-order chi connectivity index (χ1) is 7.29. The Morgan fingerprint density at radius 3 is 3.20 bits per heavy atom. The molecule has 1 atom stereocenters. The van der Waals surface area contributed by atoms with Gasteiger partial charge in [0.05, 0.1) is 6.20 Å². The van der Waals surface area contributed by atoms with Gasteiger partial charge in [0, 0.05) is 30.4 Å². The molecule has 15 heavy (non-hydrogen) atoms. The number of H-pyrrole nitrogens is 1. The second-order valence-electron chi connectivity index (χ2n) is 4.38. The van der Waals surface area contributed by atoms with Crippen LogP contribution in [0.4, 0.5) is 0 Å². The zero-order valence-corrected chi connectivity index (χ0v) is 9.58. The van der Waals surface area contributed by atoms with Crippen LogP contribution in [0.5, 0.6) is 0 Å². The third kappa shape index (κ3) is 2.58. The maximum atomic E-state index is 4.06.